The van der Waals surface area contributed by atoms with Gasteiger partial charge in [-0.2, -0.15) is 0 Å². The molecule has 0 radical (unpaired) electrons. The van der Waals surface area contributed by atoms with Crippen molar-refractivity contribution in [2.45, 2.75) is 30.3 Å². The van der Waals surface area contributed by atoms with Gasteiger partial charge in [0.2, 0.25) is 10.0 Å². The summed E-state index contributed by atoms with van der Waals surface area (Å²) in [6, 6.07) is 12.5. The van der Waals surface area contributed by atoms with Gasteiger partial charge in [-0.25, -0.2) is 17.5 Å². The van der Waals surface area contributed by atoms with E-state index in [4.69, 9.17) is 4.74 Å². The van der Waals surface area contributed by atoms with E-state index < -0.39 is 21.4 Å². The van der Waals surface area contributed by atoms with E-state index in [2.05, 4.69) is 4.72 Å². The maximum absolute atomic E-state index is 14.0. The Morgan fingerprint density at radius 1 is 1.23 bits per heavy atom. The van der Waals surface area contributed by atoms with Crippen molar-refractivity contribution >= 4 is 10.0 Å². The van der Waals surface area contributed by atoms with Crippen molar-refractivity contribution < 1.29 is 22.7 Å². The van der Waals surface area contributed by atoms with E-state index in [-0.39, 0.29) is 29.7 Å². The van der Waals surface area contributed by atoms with Crippen molar-refractivity contribution in [3.05, 3.63) is 59.9 Å². The maximum Gasteiger partial charge on any atom is 0.240 e. The fourth-order valence-electron chi connectivity index (χ4n) is 2.98. The van der Waals surface area contributed by atoms with Crippen LogP contribution in [0.3, 0.4) is 0 Å². The summed E-state index contributed by atoms with van der Waals surface area (Å²) in [5, 5.41) is 11.1. The SMILES string of the molecule is CCOc1ccc(S(=O)(=O)NC[C@@](O)(c2ccccc2)C2CC2)cc1F. The van der Waals surface area contributed by atoms with Crippen molar-refractivity contribution in [2.24, 2.45) is 5.92 Å². The van der Waals surface area contributed by atoms with Crippen LogP contribution in [0.25, 0.3) is 0 Å². The molecule has 2 aromatic carbocycles. The van der Waals surface area contributed by atoms with Gasteiger partial charge in [-0.1, -0.05) is 30.3 Å². The Balaban J connectivity index is 1.80. The highest BCUT2D eigenvalue weighted by Gasteiger charge is 2.45. The van der Waals surface area contributed by atoms with Gasteiger partial charge in [0, 0.05) is 6.54 Å². The molecule has 0 aliphatic heterocycles. The van der Waals surface area contributed by atoms with Crippen LogP contribution < -0.4 is 9.46 Å². The fourth-order valence-corrected chi connectivity index (χ4v) is 4.06. The van der Waals surface area contributed by atoms with Gasteiger partial charge in [-0.15, -0.1) is 0 Å². The second kappa shape index (κ2) is 7.34. The van der Waals surface area contributed by atoms with Crippen LogP contribution in [-0.2, 0) is 15.6 Å². The van der Waals surface area contributed by atoms with Gasteiger partial charge in [0.1, 0.15) is 5.60 Å². The second-order valence-electron chi connectivity index (χ2n) is 6.41. The van der Waals surface area contributed by atoms with E-state index in [0.29, 0.717) is 5.56 Å². The third kappa shape index (κ3) is 3.90. The number of hydrogen-bond acceptors (Lipinski definition) is 4. The number of aliphatic hydroxyl groups is 1. The minimum atomic E-state index is -3.97. The molecule has 26 heavy (non-hydrogen) atoms. The summed E-state index contributed by atoms with van der Waals surface area (Å²) >= 11 is 0. The number of sulfonamides is 1. The van der Waals surface area contributed by atoms with Gasteiger partial charge in [-0.05, 0) is 49.4 Å². The molecule has 0 unspecified atom stereocenters. The summed E-state index contributed by atoms with van der Waals surface area (Å²) in [5.74, 6) is -0.731. The van der Waals surface area contributed by atoms with Crippen molar-refractivity contribution in [3.63, 3.8) is 0 Å². The topological polar surface area (TPSA) is 75.6 Å². The molecular weight excluding hydrogens is 357 g/mol. The Morgan fingerprint density at radius 2 is 1.92 bits per heavy atom. The van der Waals surface area contributed by atoms with Crippen LogP contribution in [0.2, 0.25) is 0 Å². The van der Waals surface area contributed by atoms with Gasteiger partial charge < -0.3 is 9.84 Å². The second-order valence-corrected chi connectivity index (χ2v) is 8.18. The van der Waals surface area contributed by atoms with Gasteiger partial charge in [0.15, 0.2) is 11.6 Å². The zero-order chi connectivity index (χ0) is 18.8. The summed E-state index contributed by atoms with van der Waals surface area (Å²) in [6.45, 7) is 1.83. The Labute approximate surface area is 152 Å². The van der Waals surface area contributed by atoms with Gasteiger partial charge >= 0.3 is 0 Å². The van der Waals surface area contributed by atoms with Gasteiger partial charge in [0.05, 0.1) is 11.5 Å². The molecule has 0 spiro atoms. The normalized spacial score (nSPS) is 16.9. The highest BCUT2D eigenvalue weighted by atomic mass is 32.2. The number of rotatable bonds is 8. The number of halogens is 1. The molecule has 1 saturated carbocycles. The van der Waals surface area contributed by atoms with Crippen LogP contribution in [0.4, 0.5) is 4.39 Å². The van der Waals surface area contributed by atoms with Crippen molar-refractivity contribution in [3.8, 4) is 5.75 Å². The molecular formula is C19H22FNO4S. The lowest BCUT2D eigenvalue weighted by atomic mass is 9.89. The van der Waals surface area contributed by atoms with Crippen molar-refractivity contribution in [1.82, 2.24) is 4.72 Å². The molecule has 1 atom stereocenters. The van der Waals surface area contributed by atoms with E-state index in [1.807, 2.05) is 6.07 Å². The first-order valence-corrected chi connectivity index (χ1v) is 10.0. The van der Waals surface area contributed by atoms with E-state index >= 15 is 0 Å². The zero-order valence-electron chi connectivity index (χ0n) is 14.5. The van der Waals surface area contributed by atoms with Crippen molar-refractivity contribution in [2.75, 3.05) is 13.2 Å². The fraction of sp³-hybridized carbons (Fsp3) is 0.368. The molecule has 0 aromatic heterocycles. The standard InChI is InChI=1S/C19H22FNO4S/c1-2-25-18-11-10-16(12-17(18)20)26(23,24)21-13-19(22,15-8-9-15)14-6-4-3-5-7-14/h3-7,10-12,15,21-22H,2,8-9,13H2,1H3/t19-/m1/s1. The lowest BCUT2D eigenvalue weighted by molar-refractivity contribution is 0.0185. The minimum absolute atomic E-state index is 0.00432. The number of benzene rings is 2. The molecule has 5 nitrogen and oxygen atoms in total. The van der Waals surface area contributed by atoms with Gasteiger partial charge in [0.25, 0.3) is 0 Å². The predicted molar refractivity (Wildman–Crippen MR) is 95.8 cm³/mol. The Morgan fingerprint density at radius 3 is 2.50 bits per heavy atom. The molecule has 0 amide bonds. The Bertz CT molecular complexity index is 868. The average Bonchev–Trinajstić information content (AvgIpc) is 3.48. The lowest BCUT2D eigenvalue weighted by Crippen LogP contribution is -2.42. The third-order valence-corrected chi connectivity index (χ3v) is 5.97. The maximum atomic E-state index is 14.0. The highest BCUT2D eigenvalue weighted by molar-refractivity contribution is 7.89. The Hall–Kier alpha value is -1.96. The average molecular weight is 379 g/mol. The predicted octanol–water partition coefficient (Wildman–Crippen LogP) is 2.80. The van der Waals surface area contributed by atoms with Crippen LogP contribution in [-0.4, -0.2) is 26.7 Å². The molecule has 2 aromatic rings. The van der Waals surface area contributed by atoms with Crippen molar-refractivity contribution in [1.29, 1.82) is 0 Å². The largest absolute Gasteiger partial charge is 0.491 e. The lowest BCUT2D eigenvalue weighted by Gasteiger charge is -2.29. The number of nitrogens with one attached hydrogen (secondary N) is 1. The van der Waals surface area contributed by atoms with Crippen LogP contribution >= 0.6 is 0 Å². The van der Waals surface area contributed by atoms with Crippen LogP contribution in [0.1, 0.15) is 25.3 Å². The van der Waals surface area contributed by atoms with E-state index in [1.54, 1.807) is 31.2 Å². The minimum Gasteiger partial charge on any atom is -0.491 e. The summed E-state index contributed by atoms with van der Waals surface area (Å²) in [5.41, 5.74) is -0.610. The molecule has 2 N–H and O–H groups in total. The summed E-state index contributed by atoms with van der Waals surface area (Å²) in [4.78, 5) is -0.204. The molecule has 140 valence electrons. The molecule has 0 saturated heterocycles. The summed E-state index contributed by atoms with van der Waals surface area (Å²) in [7, 11) is -3.97. The third-order valence-electron chi connectivity index (χ3n) is 4.57. The van der Waals surface area contributed by atoms with Crippen LogP contribution in [0.5, 0.6) is 5.75 Å². The monoisotopic (exact) mass is 379 g/mol. The first-order valence-electron chi connectivity index (χ1n) is 8.57. The quantitative estimate of drug-likeness (QED) is 0.740. The summed E-state index contributed by atoms with van der Waals surface area (Å²) in [6.07, 6.45) is 1.68. The molecule has 0 heterocycles. The number of ether oxygens (including phenoxy) is 1. The summed E-state index contributed by atoms with van der Waals surface area (Å²) < 4.78 is 46.6. The first kappa shape index (κ1) is 18.8. The molecule has 1 fully saturated rings. The molecule has 7 heteroatoms. The van der Waals surface area contributed by atoms with Gasteiger partial charge in [-0.3, -0.25) is 0 Å². The molecule has 3 rings (SSSR count). The van der Waals surface area contributed by atoms with E-state index in [0.717, 1.165) is 18.9 Å². The number of hydrogen-bond donors (Lipinski definition) is 2. The van der Waals surface area contributed by atoms with Crippen LogP contribution in [0.15, 0.2) is 53.4 Å². The first-order chi connectivity index (χ1) is 12.4. The zero-order valence-corrected chi connectivity index (χ0v) is 15.3. The Kier molecular flexibility index (Phi) is 5.32. The highest BCUT2D eigenvalue weighted by Crippen LogP contribution is 2.45. The molecule has 1 aliphatic carbocycles. The van der Waals surface area contributed by atoms with E-state index in [9.17, 15) is 17.9 Å². The molecule has 1 aliphatic rings. The van der Waals surface area contributed by atoms with Crippen LogP contribution in [0, 0.1) is 11.7 Å². The smallest absolute Gasteiger partial charge is 0.240 e. The van der Waals surface area contributed by atoms with E-state index in [1.165, 1.54) is 12.1 Å². The molecule has 0 bridgehead atoms.